The zero-order chi connectivity index (χ0) is 24.4. The van der Waals surface area contributed by atoms with E-state index in [1.165, 1.54) is 0 Å². The second kappa shape index (κ2) is 16.8. The van der Waals surface area contributed by atoms with Crippen molar-refractivity contribution in [3.8, 4) is 0 Å². The Morgan fingerprint density at radius 1 is 1.15 bits per heavy atom. The molecule has 0 saturated heterocycles. The van der Waals surface area contributed by atoms with E-state index in [2.05, 4.69) is 10.6 Å². The Balaban J connectivity index is 1.94. The minimum Gasteiger partial charge on any atom is -0.463 e. The van der Waals surface area contributed by atoms with Gasteiger partial charge in [0.15, 0.2) is 0 Å². The van der Waals surface area contributed by atoms with Gasteiger partial charge in [-0.25, -0.2) is 0 Å². The van der Waals surface area contributed by atoms with Crippen LogP contribution in [0.5, 0.6) is 0 Å². The van der Waals surface area contributed by atoms with Crippen molar-refractivity contribution in [1.29, 1.82) is 0 Å². The van der Waals surface area contributed by atoms with E-state index >= 15 is 0 Å². The molecule has 0 fully saturated rings. The summed E-state index contributed by atoms with van der Waals surface area (Å²) >= 11 is 0. The number of aliphatic hydroxyl groups excluding tert-OH is 1. The highest BCUT2D eigenvalue weighted by molar-refractivity contribution is 5.86. The fourth-order valence-corrected chi connectivity index (χ4v) is 3.36. The van der Waals surface area contributed by atoms with Gasteiger partial charge in [0.25, 0.3) is 0 Å². The summed E-state index contributed by atoms with van der Waals surface area (Å²) < 4.78 is 16.2. The van der Waals surface area contributed by atoms with Crippen molar-refractivity contribution >= 4 is 17.8 Å². The summed E-state index contributed by atoms with van der Waals surface area (Å²) in [5.74, 6) is -1.43. The van der Waals surface area contributed by atoms with Crippen LogP contribution in [0.15, 0.2) is 42.5 Å². The maximum Gasteiger partial charge on any atom is 0.305 e. The molecule has 0 saturated carbocycles. The number of amides is 2. The highest BCUT2D eigenvalue weighted by atomic mass is 16.5. The average Bonchev–Trinajstić information content (AvgIpc) is 2.84. The van der Waals surface area contributed by atoms with Crippen LogP contribution in [0, 0.1) is 5.92 Å². The number of carbonyl (C=O) groups excluding carboxylic acids is 3. The van der Waals surface area contributed by atoms with Crippen LogP contribution in [0.25, 0.3) is 0 Å². The van der Waals surface area contributed by atoms with Gasteiger partial charge in [0.2, 0.25) is 11.8 Å². The molecule has 1 aliphatic heterocycles. The third-order valence-electron chi connectivity index (χ3n) is 5.17. The molecule has 188 valence electrons. The van der Waals surface area contributed by atoms with Gasteiger partial charge >= 0.3 is 5.97 Å². The number of aliphatic hydroxyl groups is 1. The van der Waals surface area contributed by atoms with Crippen LogP contribution >= 0.6 is 0 Å². The van der Waals surface area contributed by atoms with E-state index in [1.807, 2.05) is 42.5 Å². The lowest BCUT2D eigenvalue weighted by atomic mass is 9.98. The SMILES string of the molecule is O=C(CC1CC=CCCCC(=O)OCC(COCc2ccccc2)NC1=O)NCCOCCO. The maximum absolute atomic E-state index is 13.0. The van der Waals surface area contributed by atoms with Crippen LogP contribution in [-0.4, -0.2) is 68.5 Å². The minimum absolute atomic E-state index is 0.00784. The summed E-state index contributed by atoms with van der Waals surface area (Å²) in [6, 6.07) is 9.12. The Morgan fingerprint density at radius 2 is 1.97 bits per heavy atom. The highest BCUT2D eigenvalue weighted by Crippen LogP contribution is 2.13. The zero-order valence-electron chi connectivity index (χ0n) is 19.6. The first-order chi connectivity index (χ1) is 16.6. The van der Waals surface area contributed by atoms with E-state index in [-0.39, 0.29) is 57.2 Å². The number of hydrogen-bond donors (Lipinski definition) is 3. The Bertz CT molecular complexity index is 770. The van der Waals surface area contributed by atoms with E-state index in [0.29, 0.717) is 38.8 Å². The topological polar surface area (TPSA) is 123 Å². The van der Waals surface area contributed by atoms with Crippen molar-refractivity contribution in [3.05, 3.63) is 48.0 Å². The molecule has 2 unspecified atom stereocenters. The third kappa shape index (κ3) is 11.9. The number of allylic oxidation sites excluding steroid dienone is 2. The maximum atomic E-state index is 13.0. The largest absolute Gasteiger partial charge is 0.463 e. The molecule has 1 aromatic rings. The zero-order valence-corrected chi connectivity index (χ0v) is 19.6. The van der Waals surface area contributed by atoms with Crippen LogP contribution in [0.1, 0.15) is 37.7 Å². The summed E-state index contributed by atoms with van der Waals surface area (Å²) in [6.45, 7) is 1.27. The molecular weight excluding hydrogens is 440 g/mol. The number of hydrogen-bond acceptors (Lipinski definition) is 7. The van der Waals surface area contributed by atoms with Crippen molar-refractivity contribution < 1.29 is 33.7 Å². The molecule has 1 heterocycles. The molecule has 34 heavy (non-hydrogen) atoms. The van der Waals surface area contributed by atoms with E-state index in [0.717, 1.165) is 5.56 Å². The highest BCUT2D eigenvalue weighted by Gasteiger charge is 2.24. The van der Waals surface area contributed by atoms with Crippen LogP contribution in [0.2, 0.25) is 0 Å². The Morgan fingerprint density at radius 3 is 2.76 bits per heavy atom. The molecule has 9 heteroatoms. The summed E-state index contributed by atoms with van der Waals surface area (Å²) in [7, 11) is 0. The second-order valence-electron chi connectivity index (χ2n) is 8.08. The minimum atomic E-state index is -0.567. The van der Waals surface area contributed by atoms with Crippen LogP contribution < -0.4 is 10.6 Å². The lowest BCUT2D eigenvalue weighted by Crippen LogP contribution is -2.45. The van der Waals surface area contributed by atoms with Crippen molar-refractivity contribution in [3.63, 3.8) is 0 Å². The molecule has 2 amide bonds. The number of ether oxygens (including phenoxy) is 3. The Hall–Kier alpha value is -2.75. The lowest BCUT2D eigenvalue weighted by Gasteiger charge is -2.22. The number of cyclic esters (lactones) is 1. The predicted octanol–water partition coefficient (Wildman–Crippen LogP) is 1.49. The molecule has 9 nitrogen and oxygen atoms in total. The Kier molecular flexibility index (Phi) is 13.6. The fourth-order valence-electron chi connectivity index (χ4n) is 3.36. The monoisotopic (exact) mass is 476 g/mol. The number of benzene rings is 1. The normalized spacial score (nSPS) is 19.8. The summed E-state index contributed by atoms with van der Waals surface area (Å²) in [6.07, 6.45) is 5.89. The van der Waals surface area contributed by atoms with Gasteiger partial charge in [0.1, 0.15) is 6.61 Å². The number of esters is 1. The second-order valence-corrected chi connectivity index (χ2v) is 8.08. The summed E-state index contributed by atoms with van der Waals surface area (Å²) in [5.41, 5.74) is 0.998. The molecular formula is C25H36N2O7. The van der Waals surface area contributed by atoms with Gasteiger partial charge in [-0.15, -0.1) is 0 Å². The summed E-state index contributed by atoms with van der Waals surface area (Å²) in [5, 5.41) is 14.3. The molecule has 1 aromatic carbocycles. The molecule has 3 N–H and O–H groups in total. The molecule has 0 bridgehead atoms. The van der Waals surface area contributed by atoms with Gasteiger partial charge < -0.3 is 30.0 Å². The first-order valence-corrected chi connectivity index (χ1v) is 11.8. The number of nitrogens with one attached hydrogen (secondary N) is 2. The molecule has 1 aliphatic rings. The smallest absolute Gasteiger partial charge is 0.305 e. The van der Waals surface area contributed by atoms with E-state index < -0.39 is 12.0 Å². The standard InChI is InChI=1S/C25H36N2O7/c28-13-15-32-14-12-26-23(29)16-21-10-6-1-2-7-11-24(30)34-19-22(27-25(21)31)18-33-17-20-8-4-3-5-9-20/h1,3-6,8-9,21-22,28H,2,7,10-19H2,(H,26,29)(H,27,31). The van der Waals surface area contributed by atoms with Crippen LogP contribution in [-0.2, 0) is 35.2 Å². The fraction of sp³-hybridized carbons (Fsp3) is 0.560. The van der Waals surface area contributed by atoms with E-state index in [1.54, 1.807) is 0 Å². The Labute approximate surface area is 200 Å². The molecule has 2 atom stereocenters. The molecule has 0 aliphatic carbocycles. The van der Waals surface area contributed by atoms with Crippen LogP contribution in [0.4, 0.5) is 0 Å². The average molecular weight is 477 g/mol. The number of carbonyl (C=O) groups is 3. The lowest BCUT2D eigenvalue weighted by molar-refractivity contribution is -0.146. The predicted molar refractivity (Wildman–Crippen MR) is 126 cm³/mol. The molecule has 0 radical (unpaired) electrons. The summed E-state index contributed by atoms with van der Waals surface area (Å²) in [4.78, 5) is 37.4. The quantitative estimate of drug-likeness (QED) is 0.251. The van der Waals surface area contributed by atoms with Crippen molar-refractivity contribution in [1.82, 2.24) is 10.6 Å². The van der Waals surface area contributed by atoms with Crippen molar-refractivity contribution in [2.45, 2.75) is 44.8 Å². The van der Waals surface area contributed by atoms with Crippen molar-refractivity contribution in [2.24, 2.45) is 5.92 Å². The van der Waals surface area contributed by atoms with E-state index in [4.69, 9.17) is 19.3 Å². The molecule has 0 spiro atoms. The first kappa shape index (κ1) is 27.5. The van der Waals surface area contributed by atoms with Crippen molar-refractivity contribution in [2.75, 3.05) is 39.6 Å². The van der Waals surface area contributed by atoms with Gasteiger partial charge in [-0.1, -0.05) is 42.5 Å². The van der Waals surface area contributed by atoms with E-state index in [9.17, 15) is 14.4 Å². The molecule has 0 aromatic heterocycles. The van der Waals surface area contributed by atoms with Gasteiger partial charge in [0, 0.05) is 19.4 Å². The van der Waals surface area contributed by atoms with Crippen LogP contribution in [0.3, 0.4) is 0 Å². The van der Waals surface area contributed by atoms with Gasteiger partial charge in [0.05, 0.1) is 45.0 Å². The third-order valence-corrected chi connectivity index (χ3v) is 5.17. The van der Waals surface area contributed by atoms with Gasteiger partial charge in [-0.2, -0.15) is 0 Å². The number of rotatable bonds is 11. The van der Waals surface area contributed by atoms with Gasteiger partial charge in [-0.3, -0.25) is 14.4 Å². The molecule has 2 rings (SSSR count). The first-order valence-electron chi connectivity index (χ1n) is 11.8. The van der Waals surface area contributed by atoms with Gasteiger partial charge in [-0.05, 0) is 24.8 Å².